The largest absolute Gasteiger partial charge is 0.489 e. The van der Waals surface area contributed by atoms with Crippen LogP contribution in [0, 0.1) is 0 Å². The van der Waals surface area contributed by atoms with Gasteiger partial charge in [0.25, 0.3) is 0 Å². The van der Waals surface area contributed by atoms with Crippen molar-refractivity contribution < 1.29 is 32.5 Å². The monoisotopic (exact) mass is 499 g/mol. The van der Waals surface area contributed by atoms with Crippen molar-refractivity contribution in [1.29, 1.82) is 0 Å². The number of alkyl halides is 3. The second-order valence-corrected chi connectivity index (χ2v) is 8.86. The molecule has 0 atom stereocenters. The highest BCUT2D eigenvalue weighted by molar-refractivity contribution is 5.66. The zero-order valence-electron chi connectivity index (χ0n) is 19.7. The van der Waals surface area contributed by atoms with Crippen molar-refractivity contribution in [3.05, 3.63) is 89.5 Å². The number of hydrogen-bond donors (Lipinski definition) is 1. The molecule has 0 aliphatic carbocycles. The number of carboxylic acid groups (broad SMARTS) is 1. The Morgan fingerprint density at radius 3 is 2.28 bits per heavy atom. The van der Waals surface area contributed by atoms with Crippen molar-refractivity contribution >= 4 is 5.97 Å². The molecule has 1 fully saturated rings. The molecule has 36 heavy (non-hydrogen) atoms. The van der Waals surface area contributed by atoms with Crippen LogP contribution in [0.25, 0.3) is 0 Å². The lowest BCUT2D eigenvalue weighted by Gasteiger charge is -2.31. The van der Waals surface area contributed by atoms with Crippen molar-refractivity contribution in [3.8, 4) is 17.2 Å². The minimum Gasteiger partial charge on any atom is -0.489 e. The lowest BCUT2D eigenvalue weighted by Crippen LogP contribution is -2.34. The maximum Gasteiger partial charge on any atom is 0.420 e. The molecule has 1 N–H and O–H groups in total. The predicted molar refractivity (Wildman–Crippen MR) is 129 cm³/mol. The third-order valence-electron chi connectivity index (χ3n) is 6.31. The molecule has 1 aliphatic heterocycles. The summed E-state index contributed by atoms with van der Waals surface area (Å²) in [6.45, 7) is 2.46. The highest BCUT2D eigenvalue weighted by atomic mass is 19.4. The molecule has 1 heterocycles. The van der Waals surface area contributed by atoms with Crippen LogP contribution in [0.5, 0.6) is 17.2 Å². The first kappa shape index (κ1) is 25.6. The van der Waals surface area contributed by atoms with Gasteiger partial charge in [0, 0.05) is 6.54 Å². The number of ether oxygens (including phenoxy) is 2. The topological polar surface area (TPSA) is 59.0 Å². The van der Waals surface area contributed by atoms with Gasteiger partial charge in [-0.15, -0.1) is 0 Å². The number of carboxylic acids is 1. The molecule has 190 valence electrons. The van der Waals surface area contributed by atoms with E-state index in [2.05, 4.69) is 4.90 Å². The maximum atomic E-state index is 13.7. The van der Waals surface area contributed by atoms with Gasteiger partial charge in [-0.2, -0.15) is 13.2 Å². The Labute approximate surface area is 208 Å². The Morgan fingerprint density at radius 2 is 1.64 bits per heavy atom. The molecule has 0 bridgehead atoms. The van der Waals surface area contributed by atoms with Crippen LogP contribution >= 0.6 is 0 Å². The molecule has 1 saturated heterocycles. The summed E-state index contributed by atoms with van der Waals surface area (Å²) in [5.74, 6) is -0.212. The summed E-state index contributed by atoms with van der Waals surface area (Å²) < 4.78 is 52.1. The fourth-order valence-corrected chi connectivity index (χ4v) is 4.32. The Morgan fingerprint density at radius 1 is 0.944 bits per heavy atom. The van der Waals surface area contributed by atoms with Crippen LogP contribution in [-0.4, -0.2) is 35.6 Å². The minimum atomic E-state index is -4.59. The van der Waals surface area contributed by atoms with E-state index in [0.717, 1.165) is 37.6 Å². The number of para-hydroxylation sites is 1. The zero-order chi connectivity index (χ0) is 25.5. The zero-order valence-corrected chi connectivity index (χ0v) is 19.7. The van der Waals surface area contributed by atoms with E-state index in [1.54, 1.807) is 30.3 Å². The highest BCUT2D eigenvalue weighted by Gasteiger charge is 2.35. The molecule has 4 rings (SSSR count). The van der Waals surface area contributed by atoms with Crippen LogP contribution in [0.1, 0.15) is 41.9 Å². The van der Waals surface area contributed by atoms with Crippen molar-refractivity contribution in [2.45, 2.75) is 38.0 Å². The summed E-state index contributed by atoms with van der Waals surface area (Å²) in [4.78, 5) is 12.9. The van der Waals surface area contributed by atoms with Gasteiger partial charge in [0.1, 0.15) is 29.4 Å². The summed E-state index contributed by atoms with van der Waals surface area (Å²) >= 11 is 0. The van der Waals surface area contributed by atoms with Crippen LogP contribution < -0.4 is 9.47 Å². The number of likely N-dealkylation sites (tertiary alicyclic amines) is 1. The van der Waals surface area contributed by atoms with Crippen LogP contribution in [0.15, 0.2) is 72.8 Å². The van der Waals surface area contributed by atoms with Crippen LogP contribution in [0.3, 0.4) is 0 Å². The van der Waals surface area contributed by atoms with Crippen molar-refractivity contribution in [1.82, 2.24) is 4.90 Å². The van der Waals surface area contributed by atoms with Gasteiger partial charge < -0.3 is 19.5 Å². The third-order valence-corrected chi connectivity index (χ3v) is 6.31. The van der Waals surface area contributed by atoms with Gasteiger partial charge in [-0.25, -0.2) is 0 Å². The minimum absolute atomic E-state index is 0.112. The smallest absolute Gasteiger partial charge is 0.420 e. The van der Waals surface area contributed by atoms with Gasteiger partial charge in [-0.3, -0.25) is 4.79 Å². The van der Waals surface area contributed by atoms with Crippen LogP contribution in [0.2, 0.25) is 0 Å². The Hall–Kier alpha value is -3.52. The SMILES string of the molecule is O=C(O)CCN1CCC(c2ccc(COc3ccc(Oc4ccccc4)c(C(F)(F)F)c3)cc2)CC1. The standard InChI is InChI=1S/C28H28F3NO4/c29-28(30,31)25-18-24(10-11-26(25)36-23-4-2-1-3-5-23)35-19-20-6-8-21(9-7-20)22-12-15-32(16-13-22)17-14-27(33)34/h1-11,18,22H,12-17,19H2,(H,33,34). The van der Waals surface area contributed by atoms with Crippen molar-refractivity contribution in [2.75, 3.05) is 19.6 Å². The van der Waals surface area contributed by atoms with Gasteiger partial charge >= 0.3 is 12.1 Å². The van der Waals surface area contributed by atoms with E-state index in [9.17, 15) is 18.0 Å². The van der Waals surface area contributed by atoms with Crippen LogP contribution in [0.4, 0.5) is 13.2 Å². The van der Waals surface area contributed by atoms with Gasteiger partial charge in [0.2, 0.25) is 0 Å². The molecule has 3 aromatic carbocycles. The molecular weight excluding hydrogens is 471 g/mol. The normalized spacial score (nSPS) is 15.0. The van der Waals surface area contributed by atoms with E-state index in [1.165, 1.54) is 17.7 Å². The number of carbonyl (C=O) groups is 1. The Balaban J connectivity index is 1.34. The molecular formula is C28H28F3NO4. The Bertz CT molecular complexity index is 1140. The van der Waals surface area contributed by atoms with Gasteiger partial charge in [-0.1, -0.05) is 42.5 Å². The number of piperidine rings is 1. The van der Waals surface area contributed by atoms with Gasteiger partial charge in [0.05, 0.1) is 6.42 Å². The molecule has 1 aliphatic rings. The number of rotatable bonds is 9. The fourth-order valence-electron chi connectivity index (χ4n) is 4.32. The molecule has 8 heteroatoms. The lowest BCUT2D eigenvalue weighted by atomic mass is 9.89. The molecule has 0 spiro atoms. The molecule has 0 saturated carbocycles. The molecule has 3 aromatic rings. The average molecular weight is 500 g/mol. The second kappa shape index (κ2) is 11.5. The summed E-state index contributed by atoms with van der Waals surface area (Å²) in [5.41, 5.74) is 1.17. The second-order valence-electron chi connectivity index (χ2n) is 8.86. The van der Waals surface area contributed by atoms with E-state index in [-0.39, 0.29) is 24.5 Å². The van der Waals surface area contributed by atoms with E-state index in [1.807, 2.05) is 24.3 Å². The van der Waals surface area contributed by atoms with E-state index in [0.29, 0.717) is 18.2 Å². The molecule has 0 radical (unpaired) electrons. The number of halogens is 3. The quantitative estimate of drug-likeness (QED) is 0.354. The number of hydrogen-bond acceptors (Lipinski definition) is 4. The maximum absolute atomic E-state index is 13.7. The molecule has 5 nitrogen and oxygen atoms in total. The van der Waals surface area contributed by atoms with E-state index in [4.69, 9.17) is 14.6 Å². The van der Waals surface area contributed by atoms with Crippen molar-refractivity contribution in [2.24, 2.45) is 0 Å². The molecule has 0 unspecified atom stereocenters. The summed E-state index contributed by atoms with van der Waals surface area (Å²) in [7, 11) is 0. The van der Waals surface area contributed by atoms with Crippen LogP contribution in [-0.2, 0) is 17.6 Å². The summed E-state index contributed by atoms with van der Waals surface area (Å²) in [5, 5.41) is 8.84. The predicted octanol–water partition coefficient (Wildman–Crippen LogP) is 6.73. The number of benzene rings is 3. The number of aliphatic carboxylic acids is 1. The van der Waals surface area contributed by atoms with Gasteiger partial charge in [0.15, 0.2) is 0 Å². The fraction of sp³-hybridized carbons (Fsp3) is 0.321. The number of nitrogens with zero attached hydrogens (tertiary/aromatic N) is 1. The summed E-state index contributed by atoms with van der Waals surface area (Å²) in [6, 6.07) is 20.0. The highest BCUT2D eigenvalue weighted by Crippen LogP contribution is 2.40. The summed E-state index contributed by atoms with van der Waals surface area (Å²) in [6.07, 6.45) is -2.50. The first-order valence-electron chi connectivity index (χ1n) is 11.9. The Kier molecular flexibility index (Phi) is 8.15. The third kappa shape index (κ3) is 7.01. The van der Waals surface area contributed by atoms with E-state index >= 15 is 0 Å². The van der Waals surface area contributed by atoms with E-state index < -0.39 is 17.7 Å². The van der Waals surface area contributed by atoms with Crippen molar-refractivity contribution in [3.63, 3.8) is 0 Å². The van der Waals surface area contributed by atoms with Gasteiger partial charge in [-0.05, 0) is 73.3 Å². The first-order chi connectivity index (χ1) is 17.3. The molecule has 0 amide bonds. The molecule has 0 aromatic heterocycles. The lowest BCUT2D eigenvalue weighted by molar-refractivity contribution is -0.139. The first-order valence-corrected chi connectivity index (χ1v) is 11.9. The average Bonchev–Trinajstić information content (AvgIpc) is 2.87.